The minimum absolute atomic E-state index is 0.119. The molecule has 3 heteroatoms. The average molecular weight is 272 g/mol. The van der Waals surface area contributed by atoms with Gasteiger partial charge in [-0.15, -0.1) is 0 Å². The number of amides is 1. The molecule has 1 unspecified atom stereocenters. The van der Waals surface area contributed by atoms with E-state index in [-0.39, 0.29) is 11.9 Å². The molecule has 1 heterocycles. The van der Waals surface area contributed by atoms with Crippen LogP contribution in [0.25, 0.3) is 0 Å². The number of rotatable bonds is 3. The van der Waals surface area contributed by atoms with Crippen LogP contribution < -0.4 is 5.73 Å². The maximum absolute atomic E-state index is 11.8. The molecule has 1 fully saturated rings. The highest BCUT2D eigenvalue weighted by Crippen LogP contribution is 2.29. The van der Waals surface area contributed by atoms with E-state index in [9.17, 15) is 4.79 Å². The summed E-state index contributed by atoms with van der Waals surface area (Å²) < 4.78 is 0. The molecule has 20 heavy (non-hydrogen) atoms. The monoisotopic (exact) mass is 272 g/mol. The Morgan fingerprint density at radius 3 is 2.55 bits per heavy atom. The Balaban J connectivity index is 1.75. The first kappa shape index (κ1) is 13.6. The second-order valence-electron chi connectivity index (χ2n) is 6.32. The fourth-order valence-electron chi connectivity index (χ4n) is 3.75. The van der Waals surface area contributed by atoms with Gasteiger partial charge in [-0.2, -0.15) is 0 Å². The molecule has 1 aliphatic heterocycles. The van der Waals surface area contributed by atoms with Crippen LogP contribution in [0.4, 0.5) is 0 Å². The summed E-state index contributed by atoms with van der Waals surface area (Å²) in [5.41, 5.74) is 8.29. The fraction of sp³-hybridized carbons (Fsp3) is 0.588. The third-order valence-corrected chi connectivity index (χ3v) is 4.89. The summed E-state index contributed by atoms with van der Waals surface area (Å²) in [6.07, 6.45) is 7.46. The van der Waals surface area contributed by atoms with Gasteiger partial charge in [0.25, 0.3) is 0 Å². The highest BCUT2D eigenvalue weighted by molar-refractivity contribution is 5.80. The smallest absolute Gasteiger partial charge is 0.235 e. The van der Waals surface area contributed by atoms with Crippen molar-refractivity contribution in [3.05, 3.63) is 35.4 Å². The summed E-state index contributed by atoms with van der Waals surface area (Å²) >= 11 is 0. The second kappa shape index (κ2) is 5.96. The van der Waals surface area contributed by atoms with E-state index in [0.717, 1.165) is 25.4 Å². The molecule has 2 N–H and O–H groups in total. The van der Waals surface area contributed by atoms with E-state index in [4.69, 9.17) is 5.73 Å². The van der Waals surface area contributed by atoms with Crippen LogP contribution in [-0.4, -0.2) is 23.4 Å². The van der Waals surface area contributed by atoms with Crippen LogP contribution in [0.5, 0.6) is 0 Å². The minimum atomic E-state index is -0.171. The van der Waals surface area contributed by atoms with Crippen LogP contribution in [0.3, 0.4) is 0 Å². The van der Waals surface area contributed by atoms with Crippen molar-refractivity contribution in [2.24, 2.45) is 11.7 Å². The second-order valence-corrected chi connectivity index (χ2v) is 6.32. The maximum atomic E-state index is 11.8. The van der Waals surface area contributed by atoms with Gasteiger partial charge in [0.15, 0.2) is 0 Å². The molecular weight excluding hydrogens is 248 g/mol. The zero-order valence-corrected chi connectivity index (χ0v) is 12.1. The Bertz CT molecular complexity index is 480. The number of fused-ring (bicyclic) bond motifs is 1. The van der Waals surface area contributed by atoms with E-state index in [1.165, 1.54) is 43.2 Å². The number of nitrogens with zero attached hydrogens (tertiary/aromatic N) is 1. The Kier molecular flexibility index (Phi) is 4.06. The van der Waals surface area contributed by atoms with E-state index in [1.54, 1.807) is 0 Å². The third kappa shape index (κ3) is 2.88. The van der Waals surface area contributed by atoms with Crippen LogP contribution in [0.15, 0.2) is 24.3 Å². The van der Waals surface area contributed by atoms with Crippen LogP contribution in [0.1, 0.15) is 43.2 Å². The van der Waals surface area contributed by atoms with Crippen LogP contribution >= 0.6 is 0 Å². The lowest BCUT2D eigenvalue weighted by Gasteiger charge is -2.38. The number of carbonyl (C=O) groups is 1. The zero-order valence-electron chi connectivity index (χ0n) is 12.1. The Morgan fingerprint density at radius 1 is 1.15 bits per heavy atom. The van der Waals surface area contributed by atoms with Crippen molar-refractivity contribution in [1.82, 2.24) is 4.90 Å². The summed E-state index contributed by atoms with van der Waals surface area (Å²) in [6.45, 7) is 1.90. The molecule has 3 nitrogen and oxygen atoms in total. The molecule has 3 rings (SSSR count). The van der Waals surface area contributed by atoms with Crippen molar-refractivity contribution in [3.8, 4) is 0 Å². The number of hydrogen-bond acceptors (Lipinski definition) is 2. The van der Waals surface area contributed by atoms with Gasteiger partial charge in [0.2, 0.25) is 5.91 Å². The molecule has 1 aromatic rings. The molecule has 0 saturated heterocycles. The molecule has 0 bridgehead atoms. The number of carbonyl (C=O) groups excluding carboxylic acids is 1. The molecule has 1 atom stereocenters. The fourth-order valence-corrected chi connectivity index (χ4v) is 3.75. The molecular formula is C17H24N2O. The summed E-state index contributed by atoms with van der Waals surface area (Å²) in [5.74, 6) is 0.575. The number of hydrogen-bond donors (Lipinski definition) is 1. The standard InChI is InChI=1S/C17H24N2O/c18-17(20)16-10-14-8-4-5-9-15(14)12-19(16)11-13-6-2-1-3-7-13/h4-5,8-9,13,16H,1-3,6-7,10-12H2,(H2,18,20). The average Bonchev–Trinajstić information content (AvgIpc) is 2.47. The Labute approximate surface area is 121 Å². The maximum Gasteiger partial charge on any atom is 0.235 e. The molecule has 1 aliphatic carbocycles. The molecule has 108 valence electrons. The predicted octanol–water partition coefficient (Wildman–Crippen LogP) is 2.48. The van der Waals surface area contributed by atoms with Crippen LogP contribution in [0, 0.1) is 5.92 Å². The SMILES string of the molecule is NC(=O)C1Cc2ccccc2CN1CC1CCCCC1. The van der Waals surface area contributed by atoms with E-state index >= 15 is 0 Å². The van der Waals surface area contributed by atoms with Gasteiger partial charge in [-0.05, 0) is 36.3 Å². The van der Waals surface area contributed by atoms with Crippen molar-refractivity contribution in [1.29, 1.82) is 0 Å². The zero-order chi connectivity index (χ0) is 13.9. The number of primary amides is 1. The first-order valence-corrected chi connectivity index (χ1v) is 7.84. The molecule has 2 aliphatic rings. The first-order chi connectivity index (χ1) is 9.74. The van der Waals surface area contributed by atoms with Crippen LogP contribution in [0.2, 0.25) is 0 Å². The lowest BCUT2D eigenvalue weighted by Crippen LogP contribution is -2.50. The van der Waals surface area contributed by atoms with E-state index in [2.05, 4.69) is 23.1 Å². The largest absolute Gasteiger partial charge is 0.368 e. The molecule has 1 saturated carbocycles. The molecule has 1 aromatic carbocycles. The van der Waals surface area contributed by atoms with Gasteiger partial charge in [0.05, 0.1) is 6.04 Å². The molecule has 0 aromatic heterocycles. The van der Waals surface area contributed by atoms with E-state index in [0.29, 0.717) is 0 Å². The third-order valence-electron chi connectivity index (χ3n) is 4.89. The van der Waals surface area contributed by atoms with Crippen LogP contribution in [-0.2, 0) is 17.8 Å². The van der Waals surface area contributed by atoms with Crippen molar-refractivity contribution in [3.63, 3.8) is 0 Å². The van der Waals surface area contributed by atoms with Gasteiger partial charge in [0.1, 0.15) is 0 Å². The van der Waals surface area contributed by atoms with Crippen molar-refractivity contribution in [2.75, 3.05) is 6.54 Å². The van der Waals surface area contributed by atoms with Gasteiger partial charge in [0, 0.05) is 13.1 Å². The van der Waals surface area contributed by atoms with E-state index < -0.39 is 0 Å². The molecule has 0 radical (unpaired) electrons. The van der Waals surface area contributed by atoms with Crippen molar-refractivity contribution >= 4 is 5.91 Å². The van der Waals surface area contributed by atoms with Crippen molar-refractivity contribution in [2.45, 2.75) is 51.1 Å². The number of nitrogens with two attached hydrogens (primary N) is 1. The van der Waals surface area contributed by atoms with Gasteiger partial charge in [-0.1, -0.05) is 43.5 Å². The highest BCUT2D eigenvalue weighted by atomic mass is 16.1. The van der Waals surface area contributed by atoms with Gasteiger partial charge >= 0.3 is 0 Å². The number of benzene rings is 1. The summed E-state index contributed by atoms with van der Waals surface area (Å²) in [6, 6.07) is 8.33. The normalized spacial score (nSPS) is 24.3. The molecule has 1 amide bonds. The summed E-state index contributed by atoms with van der Waals surface area (Å²) in [5, 5.41) is 0. The Morgan fingerprint density at radius 2 is 1.85 bits per heavy atom. The minimum Gasteiger partial charge on any atom is -0.368 e. The van der Waals surface area contributed by atoms with Gasteiger partial charge in [-0.3, -0.25) is 9.69 Å². The van der Waals surface area contributed by atoms with Crippen molar-refractivity contribution < 1.29 is 4.79 Å². The predicted molar refractivity (Wildman–Crippen MR) is 80.1 cm³/mol. The van der Waals surface area contributed by atoms with E-state index in [1.807, 2.05) is 6.07 Å². The van der Waals surface area contributed by atoms with Gasteiger partial charge in [-0.25, -0.2) is 0 Å². The quantitative estimate of drug-likeness (QED) is 0.919. The summed E-state index contributed by atoms with van der Waals surface area (Å²) in [4.78, 5) is 14.1. The molecule has 0 spiro atoms. The lowest BCUT2D eigenvalue weighted by molar-refractivity contribution is -0.124. The summed E-state index contributed by atoms with van der Waals surface area (Å²) in [7, 11) is 0. The first-order valence-electron chi connectivity index (χ1n) is 7.84. The lowest BCUT2D eigenvalue weighted by atomic mass is 9.87. The Hall–Kier alpha value is -1.35. The van der Waals surface area contributed by atoms with Gasteiger partial charge < -0.3 is 5.73 Å². The highest BCUT2D eigenvalue weighted by Gasteiger charge is 2.31. The topological polar surface area (TPSA) is 46.3 Å².